The molecule has 2 saturated heterocycles. The number of carbonyl (C=O) groups is 2. The Morgan fingerprint density at radius 2 is 2.00 bits per heavy atom. The first-order valence-electron chi connectivity index (χ1n) is 6.85. The molecule has 0 radical (unpaired) electrons. The van der Waals surface area contributed by atoms with E-state index < -0.39 is 27.1 Å². The van der Waals surface area contributed by atoms with E-state index in [9.17, 15) is 18.0 Å². The van der Waals surface area contributed by atoms with Gasteiger partial charge in [-0.05, 0) is 12.8 Å². The minimum absolute atomic E-state index is 0.161. The van der Waals surface area contributed by atoms with Crippen LogP contribution in [0.5, 0.6) is 0 Å². The van der Waals surface area contributed by atoms with Gasteiger partial charge in [0.25, 0.3) is 0 Å². The summed E-state index contributed by atoms with van der Waals surface area (Å²) in [5.74, 6) is -0.380. The van der Waals surface area contributed by atoms with Gasteiger partial charge in [-0.2, -0.15) is 11.8 Å². The number of hydrogen-bond acceptors (Lipinski definition) is 5. The van der Waals surface area contributed by atoms with Crippen molar-refractivity contribution < 1.29 is 23.1 Å². The second kappa shape index (κ2) is 6.43. The number of likely N-dealkylation sites (tertiary alicyclic amines) is 1. The normalized spacial score (nSPS) is 27.5. The summed E-state index contributed by atoms with van der Waals surface area (Å²) in [6.45, 7) is 1.03. The highest BCUT2D eigenvalue weighted by atomic mass is 32.2. The van der Waals surface area contributed by atoms with Crippen LogP contribution in [0, 0.1) is 5.92 Å². The highest BCUT2D eigenvalue weighted by Crippen LogP contribution is 2.24. The molecule has 0 spiro atoms. The Morgan fingerprint density at radius 3 is 2.62 bits per heavy atom. The summed E-state index contributed by atoms with van der Waals surface area (Å²) >= 11 is 1.52. The van der Waals surface area contributed by atoms with Crippen molar-refractivity contribution in [2.75, 3.05) is 37.4 Å². The molecule has 0 aliphatic carbocycles. The van der Waals surface area contributed by atoms with Crippen molar-refractivity contribution in [3.63, 3.8) is 0 Å². The van der Waals surface area contributed by atoms with Crippen LogP contribution in [0.4, 0.5) is 4.79 Å². The summed E-state index contributed by atoms with van der Waals surface area (Å²) in [5.41, 5.74) is 0. The Kier molecular flexibility index (Phi) is 5.03. The smallest absolute Gasteiger partial charge is 0.321 e. The molecule has 0 aromatic carbocycles. The lowest BCUT2D eigenvalue weighted by Gasteiger charge is -2.39. The summed E-state index contributed by atoms with van der Waals surface area (Å²) in [6, 6.07) is -0.350. The monoisotopic (exact) mass is 336 g/mol. The van der Waals surface area contributed by atoms with Gasteiger partial charge in [0.2, 0.25) is 0 Å². The summed E-state index contributed by atoms with van der Waals surface area (Å²) in [7, 11) is -3.35. The molecule has 0 bridgehead atoms. The SMILES string of the molecule is CS(=O)(=O)C1CSCCN1C(=O)N1CCC[C@H](C(=O)O)C1. The Balaban J connectivity index is 2.12. The molecule has 2 aliphatic heterocycles. The number of hydrogen-bond donors (Lipinski definition) is 1. The Bertz CT molecular complexity index is 522. The predicted molar refractivity (Wildman–Crippen MR) is 80.0 cm³/mol. The lowest BCUT2D eigenvalue weighted by molar-refractivity contribution is -0.143. The van der Waals surface area contributed by atoms with Gasteiger partial charge in [0.15, 0.2) is 9.84 Å². The second-order valence-corrected chi connectivity index (χ2v) is 8.81. The van der Waals surface area contributed by atoms with E-state index in [0.717, 1.165) is 6.26 Å². The minimum Gasteiger partial charge on any atom is -0.481 e. The number of rotatable bonds is 2. The van der Waals surface area contributed by atoms with Crippen molar-refractivity contribution in [3.05, 3.63) is 0 Å². The standard InChI is InChI=1S/C12H20N2O5S2/c1-21(18,19)10-8-20-6-5-14(10)12(17)13-4-2-3-9(7-13)11(15)16/h9-10H,2-8H2,1H3,(H,15,16)/t9-,10?/m0/s1. The second-order valence-electron chi connectivity index (χ2n) is 5.46. The number of piperidine rings is 1. The van der Waals surface area contributed by atoms with E-state index in [0.29, 0.717) is 37.4 Å². The number of nitrogens with zero attached hydrogens (tertiary/aromatic N) is 2. The molecule has 120 valence electrons. The number of aliphatic carboxylic acids is 1. The van der Waals surface area contributed by atoms with Gasteiger partial charge in [-0.15, -0.1) is 0 Å². The number of carboxylic acids is 1. The third-order valence-electron chi connectivity index (χ3n) is 3.87. The Morgan fingerprint density at radius 1 is 1.29 bits per heavy atom. The average Bonchev–Trinajstić information content (AvgIpc) is 2.45. The van der Waals surface area contributed by atoms with Crippen molar-refractivity contribution in [2.45, 2.75) is 18.2 Å². The van der Waals surface area contributed by atoms with Gasteiger partial charge < -0.3 is 14.9 Å². The van der Waals surface area contributed by atoms with Crippen molar-refractivity contribution in [2.24, 2.45) is 5.92 Å². The first-order valence-corrected chi connectivity index (χ1v) is 9.96. The fourth-order valence-electron chi connectivity index (χ4n) is 2.69. The molecule has 2 atom stereocenters. The number of thioether (sulfide) groups is 1. The molecule has 0 aromatic rings. The highest BCUT2D eigenvalue weighted by Gasteiger charge is 2.38. The number of urea groups is 1. The molecule has 0 aromatic heterocycles. The number of sulfone groups is 1. The lowest BCUT2D eigenvalue weighted by Crippen LogP contribution is -2.56. The molecule has 7 nitrogen and oxygen atoms in total. The van der Waals surface area contributed by atoms with Gasteiger partial charge >= 0.3 is 12.0 Å². The Labute approximate surface area is 128 Å². The van der Waals surface area contributed by atoms with Crippen LogP contribution in [0.15, 0.2) is 0 Å². The molecule has 2 rings (SSSR count). The zero-order valence-corrected chi connectivity index (χ0v) is 13.5. The summed E-state index contributed by atoms with van der Waals surface area (Å²) in [6.07, 6.45) is 2.33. The van der Waals surface area contributed by atoms with Crippen LogP contribution in [-0.2, 0) is 14.6 Å². The van der Waals surface area contributed by atoms with Crippen LogP contribution in [0.1, 0.15) is 12.8 Å². The average molecular weight is 336 g/mol. The number of carboxylic acid groups (broad SMARTS) is 1. The van der Waals surface area contributed by atoms with Crippen LogP contribution in [-0.4, -0.2) is 78.1 Å². The third kappa shape index (κ3) is 3.82. The maximum atomic E-state index is 12.6. The van der Waals surface area contributed by atoms with Crippen molar-refractivity contribution in [3.8, 4) is 0 Å². The van der Waals surface area contributed by atoms with E-state index in [-0.39, 0.29) is 12.6 Å². The molecule has 2 aliphatic rings. The third-order valence-corrected chi connectivity index (χ3v) is 6.51. The highest BCUT2D eigenvalue weighted by molar-refractivity contribution is 8.00. The summed E-state index contributed by atoms with van der Waals surface area (Å²) in [5, 5.41) is 8.27. The molecule has 9 heteroatoms. The molecule has 0 saturated carbocycles. The van der Waals surface area contributed by atoms with Gasteiger partial charge in [0, 0.05) is 37.4 Å². The molecular weight excluding hydrogens is 316 g/mol. The first-order chi connectivity index (χ1) is 9.80. The van der Waals surface area contributed by atoms with Crippen LogP contribution < -0.4 is 0 Å². The largest absolute Gasteiger partial charge is 0.481 e. The van der Waals surface area contributed by atoms with Gasteiger partial charge in [-0.3, -0.25) is 4.79 Å². The van der Waals surface area contributed by atoms with Gasteiger partial charge in [0.1, 0.15) is 5.37 Å². The molecule has 2 fully saturated rings. The van der Waals surface area contributed by atoms with Crippen molar-refractivity contribution in [1.29, 1.82) is 0 Å². The lowest BCUT2D eigenvalue weighted by atomic mass is 9.99. The number of amides is 2. The van der Waals surface area contributed by atoms with E-state index in [4.69, 9.17) is 5.11 Å². The van der Waals surface area contributed by atoms with E-state index in [1.807, 2.05) is 0 Å². The molecule has 2 amide bonds. The zero-order chi connectivity index (χ0) is 15.6. The fourth-order valence-corrected chi connectivity index (χ4v) is 5.50. The molecule has 1 N–H and O–H groups in total. The maximum Gasteiger partial charge on any atom is 0.321 e. The van der Waals surface area contributed by atoms with Crippen molar-refractivity contribution >= 4 is 33.6 Å². The molecule has 1 unspecified atom stereocenters. The van der Waals surface area contributed by atoms with E-state index in [1.165, 1.54) is 21.6 Å². The fraction of sp³-hybridized carbons (Fsp3) is 0.833. The molecule has 2 heterocycles. The van der Waals surface area contributed by atoms with Gasteiger partial charge in [0.05, 0.1) is 5.92 Å². The Hall–Kier alpha value is -0.960. The van der Waals surface area contributed by atoms with Gasteiger partial charge in [-0.1, -0.05) is 0 Å². The number of carbonyl (C=O) groups excluding carboxylic acids is 1. The topological polar surface area (TPSA) is 95.0 Å². The molecular formula is C12H20N2O5S2. The van der Waals surface area contributed by atoms with Crippen LogP contribution >= 0.6 is 11.8 Å². The van der Waals surface area contributed by atoms with Crippen molar-refractivity contribution in [1.82, 2.24) is 9.80 Å². The van der Waals surface area contributed by atoms with E-state index in [2.05, 4.69) is 0 Å². The van der Waals surface area contributed by atoms with E-state index >= 15 is 0 Å². The summed E-state index contributed by atoms with van der Waals surface area (Å²) < 4.78 is 23.7. The van der Waals surface area contributed by atoms with E-state index in [1.54, 1.807) is 0 Å². The zero-order valence-electron chi connectivity index (χ0n) is 11.9. The van der Waals surface area contributed by atoms with Crippen LogP contribution in [0.2, 0.25) is 0 Å². The van der Waals surface area contributed by atoms with Crippen LogP contribution in [0.25, 0.3) is 0 Å². The minimum atomic E-state index is -3.35. The molecule has 21 heavy (non-hydrogen) atoms. The predicted octanol–water partition coefficient (Wildman–Crippen LogP) is 0.323. The van der Waals surface area contributed by atoms with Crippen LogP contribution in [0.3, 0.4) is 0 Å². The quantitative estimate of drug-likeness (QED) is 0.780. The summed E-state index contributed by atoms with van der Waals surface area (Å²) in [4.78, 5) is 26.5. The van der Waals surface area contributed by atoms with Gasteiger partial charge in [-0.25, -0.2) is 13.2 Å². The first kappa shape index (κ1) is 16.4. The maximum absolute atomic E-state index is 12.6.